The first-order valence-corrected chi connectivity index (χ1v) is 14.6. The first-order valence-electron chi connectivity index (χ1n) is 13.8. The lowest BCUT2D eigenvalue weighted by molar-refractivity contribution is -0.139. The van der Waals surface area contributed by atoms with E-state index < -0.39 is 23.6 Å². The zero-order valence-electron chi connectivity index (χ0n) is 24.9. The second-order valence-corrected chi connectivity index (χ2v) is 11.2. The molecule has 0 saturated carbocycles. The molecule has 0 N–H and O–H groups in total. The molecule has 1 aliphatic rings. The van der Waals surface area contributed by atoms with Crippen LogP contribution < -0.4 is 29.3 Å². The van der Waals surface area contributed by atoms with Gasteiger partial charge >= 0.3 is 5.97 Å². The number of esters is 1. The van der Waals surface area contributed by atoms with Crippen LogP contribution in [0.3, 0.4) is 0 Å². The van der Waals surface area contributed by atoms with Crippen LogP contribution >= 0.6 is 11.3 Å². The smallest absolute Gasteiger partial charge is 0.338 e. The van der Waals surface area contributed by atoms with Gasteiger partial charge in [-0.15, -0.1) is 0 Å². The fraction of sp³-hybridized carbons (Fsp3) is 0.242. The number of carbonyl (C=O) groups excluding carboxylic acids is 1. The predicted octanol–water partition coefficient (Wildman–Crippen LogP) is 4.73. The van der Waals surface area contributed by atoms with E-state index in [9.17, 15) is 18.4 Å². The number of fused-ring (bicyclic) bond motifs is 1. The van der Waals surface area contributed by atoms with Crippen molar-refractivity contribution in [3.05, 3.63) is 120 Å². The molecule has 2 heterocycles. The van der Waals surface area contributed by atoms with Gasteiger partial charge in [-0.25, -0.2) is 18.6 Å². The Bertz CT molecular complexity index is 1930. The van der Waals surface area contributed by atoms with Crippen molar-refractivity contribution in [3.8, 4) is 11.5 Å². The van der Waals surface area contributed by atoms with Gasteiger partial charge in [-0.3, -0.25) is 9.36 Å². The van der Waals surface area contributed by atoms with Gasteiger partial charge in [0.05, 0.1) is 35.6 Å². The molecule has 0 spiro atoms. The normalized spacial score (nSPS) is 14.6. The van der Waals surface area contributed by atoms with Crippen LogP contribution in [0.15, 0.2) is 81.7 Å². The number of allylic oxidation sites excluding steroid dienone is 1. The fourth-order valence-corrected chi connectivity index (χ4v) is 6.01. The minimum absolute atomic E-state index is 0.0559. The summed E-state index contributed by atoms with van der Waals surface area (Å²) in [5, 5.41) is 0. The summed E-state index contributed by atoms with van der Waals surface area (Å²) in [6.07, 6.45) is 1.72. The quantitative estimate of drug-likeness (QED) is 0.252. The zero-order valence-corrected chi connectivity index (χ0v) is 25.7. The van der Waals surface area contributed by atoms with E-state index in [0.717, 1.165) is 23.4 Å². The molecule has 0 bridgehead atoms. The number of rotatable bonds is 9. The van der Waals surface area contributed by atoms with E-state index in [-0.39, 0.29) is 24.5 Å². The molecule has 44 heavy (non-hydrogen) atoms. The van der Waals surface area contributed by atoms with E-state index in [1.807, 2.05) is 43.3 Å². The maximum atomic E-state index is 14.1. The van der Waals surface area contributed by atoms with Crippen LogP contribution in [-0.4, -0.2) is 38.3 Å². The Kier molecular flexibility index (Phi) is 8.96. The number of benzene rings is 3. The van der Waals surface area contributed by atoms with Gasteiger partial charge in [-0.1, -0.05) is 29.5 Å². The Balaban J connectivity index is 1.57. The highest BCUT2D eigenvalue weighted by atomic mass is 32.1. The summed E-state index contributed by atoms with van der Waals surface area (Å²) in [5.41, 5.74) is 3.46. The molecule has 228 valence electrons. The lowest BCUT2D eigenvalue weighted by Gasteiger charge is -2.25. The minimum Gasteiger partial charge on any atom is -0.496 e. The summed E-state index contributed by atoms with van der Waals surface area (Å²) in [7, 11) is 5.37. The maximum Gasteiger partial charge on any atom is 0.338 e. The molecule has 1 atom stereocenters. The van der Waals surface area contributed by atoms with Crippen LogP contribution in [-0.2, 0) is 16.1 Å². The van der Waals surface area contributed by atoms with Crippen LogP contribution in [0.4, 0.5) is 14.5 Å². The summed E-state index contributed by atoms with van der Waals surface area (Å²) < 4.78 is 45.8. The average Bonchev–Trinajstić information content (AvgIpc) is 3.30. The number of aromatic nitrogens is 1. The molecular weight excluding hydrogens is 588 g/mol. The van der Waals surface area contributed by atoms with E-state index in [1.165, 1.54) is 29.1 Å². The van der Waals surface area contributed by atoms with Crippen molar-refractivity contribution >= 4 is 29.1 Å². The number of anilines is 1. The molecule has 4 aromatic rings. The lowest BCUT2D eigenvalue weighted by Crippen LogP contribution is -2.39. The number of hydrogen-bond acceptors (Lipinski definition) is 8. The second kappa shape index (κ2) is 12.8. The predicted molar refractivity (Wildman–Crippen MR) is 165 cm³/mol. The molecular formula is C33H31F2N3O5S. The summed E-state index contributed by atoms with van der Waals surface area (Å²) >= 11 is 1.21. The maximum absolute atomic E-state index is 14.1. The molecule has 0 fully saturated rings. The third-order valence-electron chi connectivity index (χ3n) is 7.12. The Morgan fingerprint density at radius 3 is 2.45 bits per heavy atom. The highest BCUT2D eigenvalue weighted by Crippen LogP contribution is 2.32. The van der Waals surface area contributed by atoms with Gasteiger partial charge in [-0.05, 0) is 67.4 Å². The number of halogens is 2. The molecule has 8 nitrogen and oxygen atoms in total. The van der Waals surface area contributed by atoms with Crippen molar-refractivity contribution in [2.24, 2.45) is 4.99 Å². The van der Waals surface area contributed by atoms with Crippen LogP contribution in [0, 0.1) is 11.6 Å². The second-order valence-electron chi connectivity index (χ2n) is 10.2. The third kappa shape index (κ3) is 6.14. The van der Waals surface area contributed by atoms with Crippen LogP contribution in [0.1, 0.15) is 36.6 Å². The molecule has 0 saturated heterocycles. The van der Waals surface area contributed by atoms with Crippen molar-refractivity contribution in [2.75, 3.05) is 32.7 Å². The molecule has 1 aliphatic heterocycles. The summed E-state index contributed by atoms with van der Waals surface area (Å²) in [6, 6.07) is 15.3. The molecule has 1 unspecified atom stereocenters. The fourth-order valence-electron chi connectivity index (χ4n) is 4.96. The molecule has 11 heteroatoms. The number of carbonyl (C=O) groups is 1. The minimum atomic E-state index is -0.815. The van der Waals surface area contributed by atoms with Crippen molar-refractivity contribution in [1.29, 1.82) is 0 Å². The molecule has 3 aromatic carbocycles. The van der Waals surface area contributed by atoms with Crippen LogP contribution in [0.2, 0.25) is 0 Å². The first-order chi connectivity index (χ1) is 21.1. The number of nitrogens with zero attached hydrogens (tertiary/aromatic N) is 3. The monoisotopic (exact) mass is 619 g/mol. The van der Waals surface area contributed by atoms with Gasteiger partial charge in [-0.2, -0.15) is 0 Å². The average molecular weight is 620 g/mol. The number of thiazole rings is 1. The Labute approximate surface area is 256 Å². The number of ether oxygens (including phenoxy) is 3. The number of hydrogen-bond donors (Lipinski definition) is 0. The molecule has 1 aromatic heterocycles. The van der Waals surface area contributed by atoms with E-state index in [0.29, 0.717) is 37.5 Å². The molecule has 0 aliphatic carbocycles. The topological polar surface area (TPSA) is 82.4 Å². The van der Waals surface area contributed by atoms with Crippen molar-refractivity contribution in [3.63, 3.8) is 0 Å². The van der Waals surface area contributed by atoms with E-state index in [2.05, 4.69) is 4.99 Å². The van der Waals surface area contributed by atoms with E-state index >= 15 is 0 Å². The molecule has 5 rings (SSSR count). The van der Waals surface area contributed by atoms with Gasteiger partial charge in [0.25, 0.3) is 5.56 Å². The lowest BCUT2D eigenvalue weighted by atomic mass is 9.95. The third-order valence-corrected chi connectivity index (χ3v) is 8.10. The molecule has 0 radical (unpaired) electrons. The Morgan fingerprint density at radius 2 is 1.80 bits per heavy atom. The van der Waals surface area contributed by atoms with Crippen molar-refractivity contribution in [1.82, 2.24) is 4.57 Å². The van der Waals surface area contributed by atoms with Gasteiger partial charge in [0.2, 0.25) is 0 Å². The summed E-state index contributed by atoms with van der Waals surface area (Å²) in [6.45, 7) is 3.60. The Morgan fingerprint density at radius 1 is 1.07 bits per heavy atom. The van der Waals surface area contributed by atoms with Gasteiger partial charge in [0.1, 0.15) is 18.2 Å². The SMILES string of the molecule is CCOC(=O)C1=C(C)N=c2sc(=Cc3ccc(OC)c(COc4ccc(F)cc4F)c3)c(=O)n2C1c1ccc(N(C)C)cc1. The number of methoxy groups -OCH3 is 1. The summed E-state index contributed by atoms with van der Waals surface area (Å²) in [4.78, 5) is 34.2. The highest BCUT2D eigenvalue weighted by Gasteiger charge is 2.33. The standard InChI is InChI=1S/C33H31F2N3O5S/c1-6-42-32(40)29-19(2)36-33-38(30(29)21-8-11-24(12-9-21)37(3)4)31(39)28(44-33)16-20-7-13-26(41-5)22(15-20)18-43-27-14-10-23(34)17-25(27)35/h7-17,30H,6,18H2,1-5H3. The Hall–Kier alpha value is -4.77. The van der Waals surface area contributed by atoms with E-state index in [4.69, 9.17) is 14.2 Å². The molecule has 0 amide bonds. The van der Waals surface area contributed by atoms with Gasteiger partial charge in [0, 0.05) is 31.4 Å². The van der Waals surface area contributed by atoms with E-state index in [1.54, 1.807) is 38.1 Å². The summed E-state index contributed by atoms with van der Waals surface area (Å²) in [5.74, 6) is -1.64. The van der Waals surface area contributed by atoms with Crippen molar-refractivity contribution < 1.29 is 27.8 Å². The zero-order chi connectivity index (χ0) is 31.5. The van der Waals surface area contributed by atoms with Crippen LogP contribution in [0.5, 0.6) is 11.5 Å². The van der Waals surface area contributed by atoms with Crippen LogP contribution in [0.25, 0.3) is 6.08 Å². The van der Waals surface area contributed by atoms with Crippen molar-refractivity contribution in [2.45, 2.75) is 26.5 Å². The highest BCUT2D eigenvalue weighted by molar-refractivity contribution is 7.07. The first kappa shape index (κ1) is 30.7. The van der Waals surface area contributed by atoms with Gasteiger partial charge in [0.15, 0.2) is 16.4 Å². The van der Waals surface area contributed by atoms with Gasteiger partial charge < -0.3 is 19.1 Å². The largest absolute Gasteiger partial charge is 0.496 e.